The largest absolute Gasteiger partial charge is 0.419 e. The average molecular weight is 284 g/mol. The van der Waals surface area contributed by atoms with Gasteiger partial charge >= 0.3 is 6.18 Å². The SMILES string of the molecule is Cc1ccc(C(N)c2ccc(F)c(C(F)(F)F)c2)cn1. The maximum atomic E-state index is 13.2. The van der Waals surface area contributed by atoms with Gasteiger partial charge in [0, 0.05) is 11.9 Å². The molecule has 0 saturated heterocycles. The van der Waals surface area contributed by atoms with E-state index in [0.29, 0.717) is 5.56 Å². The molecule has 1 heterocycles. The molecule has 1 aromatic carbocycles. The van der Waals surface area contributed by atoms with E-state index in [1.54, 1.807) is 19.1 Å². The number of aromatic nitrogens is 1. The van der Waals surface area contributed by atoms with Crippen molar-refractivity contribution < 1.29 is 17.6 Å². The molecule has 0 aliphatic carbocycles. The summed E-state index contributed by atoms with van der Waals surface area (Å²) in [7, 11) is 0. The van der Waals surface area contributed by atoms with Gasteiger partial charge in [-0.2, -0.15) is 13.2 Å². The number of pyridine rings is 1. The number of hydrogen-bond acceptors (Lipinski definition) is 2. The first-order valence-electron chi connectivity index (χ1n) is 5.84. The van der Waals surface area contributed by atoms with E-state index in [-0.39, 0.29) is 5.56 Å². The van der Waals surface area contributed by atoms with Crippen LogP contribution in [0.2, 0.25) is 0 Å². The predicted molar refractivity (Wildman–Crippen MR) is 66.4 cm³/mol. The second-order valence-electron chi connectivity index (χ2n) is 4.45. The lowest BCUT2D eigenvalue weighted by Gasteiger charge is -2.15. The Bertz CT molecular complexity index is 606. The van der Waals surface area contributed by atoms with Gasteiger partial charge < -0.3 is 5.73 Å². The Kier molecular flexibility index (Phi) is 3.76. The highest BCUT2D eigenvalue weighted by Crippen LogP contribution is 2.33. The van der Waals surface area contributed by atoms with Crippen molar-refractivity contribution in [1.82, 2.24) is 4.98 Å². The number of halogens is 4. The molecule has 1 unspecified atom stereocenters. The van der Waals surface area contributed by atoms with Gasteiger partial charge in [0.1, 0.15) is 5.82 Å². The summed E-state index contributed by atoms with van der Waals surface area (Å²) >= 11 is 0. The molecule has 2 N–H and O–H groups in total. The van der Waals surface area contributed by atoms with Crippen LogP contribution < -0.4 is 5.73 Å². The molecular weight excluding hydrogens is 272 g/mol. The van der Waals surface area contributed by atoms with Crippen molar-refractivity contribution in [3.63, 3.8) is 0 Å². The van der Waals surface area contributed by atoms with Gasteiger partial charge in [-0.25, -0.2) is 4.39 Å². The van der Waals surface area contributed by atoms with Crippen LogP contribution in [0.25, 0.3) is 0 Å². The molecule has 0 bridgehead atoms. The summed E-state index contributed by atoms with van der Waals surface area (Å²) in [5.74, 6) is -1.31. The fourth-order valence-corrected chi connectivity index (χ4v) is 1.81. The molecular formula is C14H12F4N2. The van der Waals surface area contributed by atoms with Crippen LogP contribution >= 0.6 is 0 Å². The molecule has 0 spiro atoms. The number of nitrogens with zero attached hydrogens (tertiary/aromatic N) is 1. The molecule has 2 aromatic rings. The quantitative estimate of drug-likeness (QED) is 0.856. The minimum atomic E-state index is -4.74. The van der Waals surface area contributed by atoms with Crippen molar-refractivity contribution in [1.29, 1.82) is 0 Å². The first-order valence-corrected chi connectivity index (χ1v) is 5.84. The number of benzene rings is 1. The lowest BCUT2D eigenvalue weighted by molar-refractivity contribution is -0.140. The van der Waals surface area contributed by atoms with Crippen molar-refractivity contribution >= 4 is 0 Å². The predicted octanol–water partition coefficient (Wildman–Crippen LogP) is 3.60. The zero-order chi connectivity index (χ0) is 14.9. The Morgan fingerprint density at radius 1 is 1.10 bits per heavy atom. The maximum Gasteiger partial charge on any atom is 0.419 e. The Labute approximate surface area is 113 Å². The monoisotopic (exact) mass is 284 g/mol. The number of hydrogen-bond donors (Lipinski definition) is 1. The molecule has 2 nitrogen and oxygen atoms in total. The fraction of sp³-hybridized carbons (Fsp3) is 0.214. The van der Waals surface area contributed by atoms with Crippen LogP contribution in [0.5, 0.6) is 0 Å². The van der Waals surface area contributed by atoms with E-state index in [4.69, 9.17) is 5.73 Å². The summed E-state index contributed by atoms with van der Waals surface area (Å²) in [6.07, 6.45) is -3.25. The van der Waals surface area contributed by atoms with E-state index in [2.05, 4.69) is 4.98 Å². The van der Waals surface area contributed by atoms with Crippen LogP contribution in [0.3, 0.4) is 0 Å². The molecule has 2 rings (SSSR count). The van der Waals surface area contributed by atoms with Gasteiger partial charge in [-0.15, -0.1) is 0 Å². The Hall–Kier alpha value is -1.95. The third-order valence-corrected chi connectivity index (χ3v) is 2.95. The van der Waals surface area contributed by atoms with E-state index >= 15 is 0 Å². The van der Waals surface area contributed by atoms with E-state index in [9.17, 15) is 17.6 Å². The van der Waals surface area contributed by atoms with Crippen LogP contribution in [-0.4, -0.2) is 4.98 Å². The summed E-state index contributed by atoms with van der Waals surface area (Å²) in [6, 6.07) is 5.37. The molecule has 1 atom stereocenters. The summed E-state index contributed by atoms with van der Waals surface area (Å²) < 4.78 is 51.2. The molecule has 106 valence electrons. The van der Waals surface area contributed by atoms with E-state index in [1.807, 2.05) is 0 Å². The third-order valence-electron chi connectivity index (χ3n) is 2.95. The molecule has 1 aromatic heterocycles. The first kappa shape index (κ1) is 14.5. The highest BCUT2D eigenvalue weighted by atomic mass is 19.4. The summed E-state index contributed by atoms with van der Waals surface area (Å²) in [6.45, 7) is 1.79. The Morgan fingerprint density at radius 3 is 2.30 bits per heavy atom. The van der Waals surface area contributed by atoms with E-state index in [1.165, 1.54) is 12.3 Å². The first-order chi connectivity index (χ1) is 9.29. The molecule has 0 aliphatic heterocycles. The Balaban J connectivity index is 2.40. The molecule has 20 heavy (non-hydrogen) atoms. The van der Waals surface area contributed by atoms with Gasteiger partial charge in [0.05, 0.1) is 11.6 Å². The lowest BCUT2D eigenvalue weighted by Crippen LogP contribution is -2.15. The van der Waals surface area contributed by atoms with Gasteiger partial charge in [-0.1, -0.05) is 12.1 Å². The average Bonchev–Trinajstić information content (AvgIpc) is 2.38. The van der Waals surface area contributed by atoms with Gasteiger partial charge in [-0.3, -0.25) is 4.98 Å². The molecule has 6 heteroatoms. The third kappa shape index (κ3) is 2.96. The number of rotatable bonds is 2. The standard InChI is InChI=1S/C14H12F4N2/c1-8-2-3-10(7-20-8)13(19)9-4-5-12(15)11(6-9)14(16,17)18/h2-7,13H,19H2,1H3. The molecule has 0 radical (unpaired) electrons. The zero-order valence-corrected chi connectivity index (χ0v) is 10.6. The number of alkyl halides is 3. The van der Waals surface area contributed by atoms with Crippen LogP contribution in [-0.2, 0) is 6.18 Å². The van der Waals surface area contributed by atoms with Crippen molar-refractivity contribution in [2.24, 2.45) is 5.73 Å². The lowest BCUT2D eigenvalue weighted by atomic mass is 9.98. The summed E-state index contributed by atoms with van der Waals surface area (Å²) in [5.41, 5.74) is 6.11. The van der Waals surface area contributed by atoms with Crippen LogP contribution in [0.1, 0.15) is 28.4 Å². The second kappa shape index (κ2) is 5.20. The zero-order valence-electron chi connectivity index (χ0n) is 10.6. The molecule has 0 fully saturated rings. The highest BCUT2D eigenvalue weighted by Gasteiger charge is 2.34. The summed E-state index contributed by atoms with van der Waals surface area (Å²) in [5, 5.41) is 0. The smallest absolute Gasteiger partial charge is 0.320 e. The number of nitrogens with two attached hydrogens (primary N) is 1. The van der Waals surface area contributed by atoms with Gasteiger partial charge in [0.25, 0.3) is 0 Å². The maximum absolute atomic E-state index is 13.2. The second-order valence-corrected chi connectivity index (χ2v) is 4.45. The van der Waals surface area contributed by atoms with E-state index in [0.717, 1.165) is 17.8 Å². The van der Waals surface area contributed by atoms with Gasteiger partial charge in [-0.05, 0) is 36.2 Å². The normalized spacial score (nSPS) is 13.3. The summed E-state index contributed by atoms with van der Waals surface area (Å²) in [4.78, 5) is 4.04. The minimum absolute atomic E-state index is 0.185. The molecule has 0 amide bonds. The van der Waals surface area contributed by atoms with Gasteiger partial charge in [0.2, 0.25) is 0 Å². The van der Waals surface area contributed by atoms with Crippen molar-refractivity contribution in [3.8, 4) is 0 Å². The van der Waals surface area contributed by atoms with Crippen molar-refractivity contribution in [3.05, 3.63) is 64.7 Å². The Morgan fingerprint density at radius 2 is 1.75 bits per heavy atom. The topological polar surface area (TPSA) is 38.9 Å². The van der Waals surface area contributed by atoms with E-state index < -0.39 is 23.6 Å². The number of aryl methyl sites for hydroxylation is 1. The van der Waals surface area contributed by atoms with Gasteiger partial charge in [0.15, 0.2) is 0 Å². The molecule has 0 aliphatic rings. The molecule has 0 saturated carbocycles. The minimum Gasteiger partial charge on any atom is -0.320 e. The fourth-order valence-electron chi connectivity index (χ4n) is 1.81. The van der Waals surface area contributed by atoms with Crippen LogP contribution in [0, 0.1) is 12.7 Å². The van der Waals surface area contributed by atoms with Crippen LogP contribution in [0.4, 0.5) is 17.6 Å². The van der Waals surface area contributed by atoms with Crippen molar-refractivity contribution in [2.45, 2.75) is 19.1 Å². The van der Waals surface area contributed by atoms with Crippen LogP contribution in [0.15, 0.2) is 36.5 Å². The highest BCUT2D eigenvalue weighted by molar-refractivity contribution is 5.35. The van der Waals surface area contributed by atoms with Crippen molar-refractivity contribution in [2.75, 3.05) is 0 Å².